The summed E-state index contributed by atoms with van der Waals surface area (Å²) in [5.41, 5.74) is -0.518. The maximum atomic E-state index is 12.6. The lowest BCUT2D eigenvalue weighted by atomic mass is 10.1. The Morgan fingerprint density at radius 1 is 1.00 bits per heavy atom. The Kier molecular flexibility index (Phi) is 5.33. The summed E-state index contributed by atoms with van der Waals surface area (Å²) in [7, 11) is 0. The molecule has 0 spiro atoms. The molecule has 0 bridgehead atoms. The Bertz CT molecular complexity index is 934. The van der Waals surface area contributed by atoms with E-state index in [-0.39, 0.29) is 35.6 Å². The number of hydrogen-bond acceptors (Lipinski definition) is 6. The van der Waals surface area contributed by atoms with Crippen LogP contribution in [0.2, 0.25) is 0 Å². The average molecular weight is 344 g/mol. The molecule has 0 radical (unpaired) electrons. The highest BCUT2D eigenvalue weighted by atomic mass is 16.6. The molecule has 2 aromatic rings. The second-order valence-electron chi connectivity index (χ2n) is 4.94. The zero-order valence-corrected chi connectivity index (χ0v) is 13.6. The van der Waals surface area contributed by atoms with E-state index in [1.54, 1.807) is 0 Å². The van der Waals surface area contributed by atoms with Crippen LogP contribution in [0.5, 0.6) is 0 Å². The number of carbonyl (C=O) groups is 3. The molecule has 1 heterocycles. The van der Waals surface area contributed by atoms with Crippen molar-refractivity contribution >= 4 is 29.0 Å². The third kappa shape index (κ3) is 3.42. The Hall–Kier alpha value is -3.42. The molecule has 130 valence electrons. The fraction of sp³-hybridized carbons (Fsp3) is 0.176. The smallest absolute Gasteiger partial charge is 0.423 e. The summed E-state index contributed by atoms with van der Waals surface area (Å²) in [6.45, 7) is 7.95. The van der Waals surface area contributed by atoms with Gasteiger partial charge in [-0.25, -0.2) is 14.4 Å². The Balaban J connectivity index is 2.71. The molecule has 0 atom stereocenters. The van der Waals surface area contributed by atoms with E-state index >= 15 is 0 Å². The summed E-state index contributed by atoms with van der Waals surface area (Å²) in [5.74, 6) is -0.262. The second-order valence-corrected chi connectivity index (χ2v) is 4.94. The fourth-order valence-electron chi connectivity index (χ4n) is 2.16. The van der Waals surface area contributed by atoms with Crippen LogP contribution < -0.4 is 5.69 Å². The van der Waals surface area contributed by atoms with E-state index in [2.05, 4.69) is 13.2 Å². The number of hydrogen-bond donors (Lipinski definition) is 0. The van der Waals surface area contributed by atoms with Crippen molar-refractivity contribution in [3.8, 4) is 0 Å². The van der Waals surface area contributed by atoms with Crippen molar-refractivity contribution in [2.75, 3.05) is 13.2 Å². The molecule has 0 N–H and O–H groups in total. The lowest BCUT2D eigenvalue weighted by Gasteiger charge is -2.03. The second kappa shape index (κ2) is 7.43. The fourth-order valence-corrected chi connectivity index (χ4v) is 2.16. The van der Waals surface area contributed by atoms with Crippen LogP contribution in [-0.4, -0.2) is 40.3 Å². The number of nitrogens with zero attached hydrogens (tertiary/aromatic N) is 2. The molecule has 0 fully saturated rings. The summed E-state index contributed by atoms with van der Waals surface area (Å²) >= 11 is 0. The van der Waals surface area contributed by atoms with E-state index in [4.69, 9.17) is 9.47 Å². The molecule has 0 unspecified atom stereocenters. The number of fused-ring (bicyclic) bond motifs is 1. The van der Waals surface area contributed by atoms with Gasteiger partial charge in [-0.3, -0.25) is 4.79 Å². The van der Waals surface area contributed by atoms with Crippen LogP contribution in [0.15, 0.2) is 48.3 Å². The quantitative estimate of drug-likeness (QED) is 0.610. The van der Waals surface area contributed by atoms with E-state index in [0.717, 1.165) is 0 Å². The standard InChI is InChI=1S/C17H16N2O6/c1-4-8-24-16(22)18-13-7-6-12(11(3)20)10-14(13)19(15(18)21)17(23)25-9-5-2/h4-7,10H,1-2,8-9H2,3H3. The summed E-state index contributed by atoms with van der Waals surface area (Å²) in [4.78, 5) is 48.5. The van der Waals surface area contributed by atoms with Crippen LogP contribution in [0.3, 0.4) is 0 Å². The van der Waals surface area contributed by atoms with Gasteiger partial charge in [0, 0.05) is 5.56 Å². The summed E-state index contributed by atoms with van der Waals surface area (Å²) < 4.78 is 11.1. The first-order valence-corrected chi connectivity index (χ1v) is 7.26. The molecule has 0 amide bonds. The van der Waals surface area contributed by atoms with Gasteiger partial charge in [0.25, 0.3) is 0 Å². The largest absolute Gasteiger partial charge is 0.445 e. The van der Waals surface area contributed by atoms with Gasteiger partial charge >= 0.3 is 17.9 Å². The van der Waals surface area contributed by atoms with Crippen molar-refractivity contribution in [2.24, 2.45) is 0 Å². The van der Waals surface area contributed by atoms with Crippen LogP contribution in [0, 0.1) is 0 Å². The molecule has 0 aliphatic rings. The van der Waals surface area contributed by atoms with Crippen LogP contribution in [0.1, 0.15) is 17.3 Å². The number of rotatable bonds is 5. The zero-order valence-electron chi connectivity index (χ0n) is 13.6. The van der Waals surface area contributed by atoms with Gasteiger partial charge in [0.15, 0.2) is 5.78 Å². The molecule has 0 saturated carbocycles. The Morgan fingerprint density at radius 3 is 2.00 bits per heavy atom. The van der Waals surface area contributed by atoms with E-state index in [9.17, 15) is 19.2 Å². The maximum absolute atomic E-state index is 12.6. The molecule has 1 aromatic carbocycles. The van der Waals surface area contributed by atoms with Gasteiger partial charge in [-0.1, -0.05) is 25.3 Å². The number of ketones is 1. The third-order valence-corrected chi connectivity index (χ3v) is 3.26. The SMILES string of the molecule is C=CCOC(=O)n1c(=O)n(C(=O)OCC=C)c2cc(C(C)=O)ccc21. The van der Waals surface area contributed by atoms with Gasteiger partial charge in [0.1, 0.15) is 13.2 Å². The lowest BCUT2D eigenvalue weighted by Crippen LogP contribution is -2.33. The summed E-state index contributed by atoms with van der Waals surface area (Å²) in [6, 6.07) is 4.17. The Morgan fingerprint density at radius 2 is 1.52 bits per heavy atom. The zero-order chi connectivity index (χ0) is 18.6. The predicted molar refractivity (Wildman–Crippen MR) is 90.1 cm³/mol. The van der Waals surface area contributed by atoms with Crippen molar-refractivity contribution in [3.63, 3.8) is 0 Å². The molecule has 0 aliphatic carbocycles. The molecule has 8 heteroatoms. The van der Waals surface area contributed by atoms with Crippen molar-refractivity contribution in [3.05, 3.63) is 59.6 Å². The van der Waals surface area contributed by atoms with Crippen LogP contribution >= 0.6 is 0 Å². The molecular formula is C17H16N2O6. The number of imidazole rings is 1. The van der Waals surface area contributed by atoms with Gasteiger partial charge in [0.2, 0.25) is 0 Å². The van der Waals surface area contributed by atoms with E-state index in [1.165, 1.54) is 37.3 Å². The lowest BCUT2D eigenvalue weighted by molar-refractivity contribution is 0.101. The van der Waals surface area contributed by atoms with E-state index in [1.807, 2.05) is 0 Å². The van der Waals surface area contributed by atoms with Gasteiger partial charge in [-0.05, 0) is 25.1 Å². The first kappa shape index (κ1) is 17.9. The number of aromatic nitrogens is 2. The average Bonchev–Trinajstić information content (AvgIpc) is 2.88. The highest BCUT2D eigenvalue weighted by molar-refractivity contribution is 6.00. The topological polar surface area (TPSA) is 96.6 Å². The number of Topliss-reactive ketones (excluding diaryl/α,β-unsaturated/α-hetero) is 1. The van der Waals surface area contributed by atoms with Gasteiger partial charge in [-0.2, -0.15) is 9.13 Å². The van der Waals surface area contributed by atoms with Crippen molar-refractivity contribution in [1.82, 2.24) is 9.13 Å². The van der Waals surface area contributed by atoms with Crippen molar-refractivity contribution in [2.45, 2.75) is 6.92 Å². The minimum Gasteiger partial charge on any atom is -0.445 e. The predicted octanol–water partition coefficient (Wildman–Crippen LogP) is 2.35. The molecule has 8 nitrogen and oxygen atoms in total. The minimum absolute atomic E-state index is 0.0577. The van der Waals surface area contributed by atoms with Gasteiger partial charge < -0.3 is 9.47 Å². The third-order valence-electron chi connectivity index (χ3n) is 3.26. The molecule has 0 saturated heterocycles. The summed E-state index contributed by atoms with van der Waals surface area (Å²) in [5, 5.41) is 0. The van der Waals surface area contributed by atoms with E-state index < -0.39 is 17.9 Å². The van der Waals surface area contributed by atoms with Crippen LogP contribution in [-0.2, 0) is 9.47 Å². The highest BCUT2D eigenvalue weighted by Gasteiger charge is 2.24. The normalized spacial score (nSPS) is 10.3. The number of ether oxygens (including phenoxy) is 2. The van der Waals surface area contributed by atoms with Gasteiger partial charge in [-0.15, -0.1) is 0 Å². The highest BCUT2D eigenvalue weighted by Crippen LogP contribution is 2.17. The molecular weight excluding hydrogens is 328 g/mol. The van der Waals surface area contributed by atoms with Crippen molar-refractivity contribution < 1.29 is 23.9 Å². The molecule has 2 rings (SSSR count). The van der Waals surface area contributed by atoms with Crippen molar-refractivity contribution in [1.29, 1.82) is 0 Å². The van der Waals surface area contributed by atoms with Crippen LogP contribution in [0.25, 0.3) is 11.0 Å². The molecule has 25 heavy (non-hydrogen) atoms. The van der Waals surface area contributed by atoms with E-state index in [0.29, 0.717) is 9.13 Å². The first-order chi connectivity index (χ1) is 11.9. The number of carbonyl (C=O) groups excluding carboxylic acids is 3. The summed E-state index contributed by atoms with van der Waals surface area (Å²) in [6.07, 6.45) is 0.710. The first-order valence-electron chi connectivity index (χ1n) is 7.26. The van der Waals surface area contributed by atoms with Crippen LogP contribution in [0.4, 0.5) is 9.59 Å². The number of benzene rings is 1. The molecule has 0 aliphatic heterocycles. The maximum Gasteiger partial charge on any atom is 0.423 e. The van der Waals surface area contributed by atoms with Gasteiger partial charge in [0.05, 0.1) is 11.0 Å². The monoisotopic (exact) mass is 344 g/mol. The minimum atomic E-state index is -0.995. The Labute approximate surface area is 142 Å². The molecule has 1 aromatic heterocycles.